The fraction of sp³-hybridized carbons (Fsp3) is 0.294. The minimum absolute atomic E-state index is 0.455. The molecule has 1 heterocycles. The lowest BCUT2D eigenvalue weighted by Gasteiger charge is -2.26. The second kappa shape index (κ2) is 5.23. The average molecular weight is 332 g/mol. The number of para-hydroxylation sites is 1. The van der Waals surface area contributed by atoms with Gasteiger partial charge in [0, 0.05) is 21.9 Å². The summed E-state index contributed by atoms with van der Waals surface area (Å²) < 4.78 is 0.960. The Morgan fingerprint density at radius 3 is 2.70 bits per heavy atom. The van der Waals surface area contributed by atoms with Gasteiger partial charge in [-0.1, -0.05) is 40.2 Å². The van der Waals surface area contributed by atoms with Gasteiger partial charge in [-0.25, -0.2) is 0 Å². The first-order valence-corrected chi connectivity index (χ1v) is 7.72. The summed E-state index contributed by atoms with van der Waals surface area (Å²) in [5.74, 6) is 0. The largest absolute Gasteiger partial charge is 0.389 e. The van der Waals surface area contributed by atoms with Gasteiger partial charge in [-0.3, -0.25) is 0 Å². The fourth-order valence-corrected chi connectivity index (χ4v) is 3.66. The number of nitrogens with zero attached hydrogens (tertiary/aromatic N) is 1. The number of rotatable bonds is 2. The van der Waals surface area contributed by atoms with Gasteiger partial charge in [0.05, 0.1) is 6.10 Å². The molecule has 0 saturated heterocycles. The molecule has 0 radical (unpaired) electrons. The van der Waals surface area contributed by atoms with Crippen molar-refractivity contribution < 1.29 is 5.11 Å². The zero-order chi connectivity index (χ0) is 14.3. The molecule has 104 valence electrons. The van der Waals surface area contributed by atoms with Crippen molar-refractivity contribution in [3.8, 4) is 0 Å². The van der Waals surface area contributed by atoms with Crippen molar-refractivity contribution in [2.45, 2.75) is 32.4 Å². The Kier molecular flexibility index (Phi) is 3.57. The quantitative estimate of drug-likeness (QED) is 0.870. The molecule has 3 heteroatoms. The van der Waals surface area contributed by atoms with Crippen LogP contribution in [0.25, 0.3) is 0 Å². The van der Waals surface area contributed by atoms with E-state index in [0.29, 0.717) is 6.04 Å². The maximum atomic E-state index is 9.73. The summed E-state index contributed by atoms with van der Waals surface area (Å²) >= 11 is 3.57. The van der Waals surface area contributed by atoms with E-state index in [2.05, 4.69) is 64.2 Å². The Morgan fingerprint density at radius 2 is 2.00 bits per heavy atom. The molecular weight excluding hydrogens is 314 g/mol. The summed E-state index contributed by atoms with van der Waals surface area (Å²) in [6, 6.07) is 15.2. The van der Waals surface area contributed by atoms with Gasteiger partial charge in [0.25, 0.3) is 0 Å². The zero-order valence-corrected chi connectivity index (χ0v) is 13.3. The third-order valence-electron chi connectivity index (χ3n) is 3.92. The molecule has 2 aromatic carbocycles. The number of aliphatic hydroxyl groups is 1. The molecule has 1 aliphatic heterocycles. The highest BCUT2D eigenvalue weighted by atomic mass is 79.9. The highest BCUT2D eigenvalue weighted by molar-refractivity contribution is 9.10. The van der Waals surface area contributed by atoms with E-state index in [-0.39, 0.29) is 0 Å². The molecule has 20 heavy (non-hydrogen) atoms. The number of aliphatic hydroxyl groups excluding tert-OH is 1. The summed E-state index contributed by atoms with van der Waals surface area (Å²) in [4.78, 5) is 2.37. The minimum Gasteiger partial charge on any atom is -0.389 e. The summed E-state index contributed by atoms with van der Waals surface area (Å²) in [5.41, 5.74) is 4.78. The number of halogens is 1. The van der Waals surface area contributed by atoms with E-state index in [9.17, 15) is 5.11 Å². The van der Waals surface area contributed by atoms with Crippen LogP contribution in [0.5, 0.6) is 0 Å². The van der Waals surface area contributed by atoms with Crippen molar-refractivity contribution in [1.82, 2.24) is 0 Å². The number of benzene rings is 2. The van der Waals surface area contributed by atoms with Gasteiger partial charge in [-0.05, 0) is 49.6 Å². The van der Waals surface area contributed by atoms with E-state index in [1.54, 1.807) is 6.92 Å². The monoisotopic (exact) mass is 331 g/mol. The number of hydrogen-bond donors (Lipinski definition) is 1. The van der Waals surface area contributed by atoms with Gasteiger partial charge >= 0.3 is 0 Å². The van der Waals surface area contributed by atoms with Gasteiger partial charge < -0.3 is 10.0 Å². The van der Waals surface area contributed by atoms with Crippen LogP contribution in [0, 0.1) is 0 Å². The second-order valence-corrected chi connectivity index (χ2v) is 6.29. The molecule has 2 nitrogen and oxygen atoms in total. The van der Waals surface area contributed by atoms with Crippen molar-refractivity contribution in [1.29, 1.82) is 0 Å². The van der Waals surface area contributed by atoms with Crippen molar-refractivity contribution >= 4 is 27.3 Å². The maximum absolute atomic E-state index is 9.73. The van der Waals surface area contributed by atoms with Gasteiger partial charge in [0.1, 0.15) is 0 Å². The average Bonchev–Trinajstić information content (AvgIpc) is 2.73. The van der Waals surface area contributed by atoms with Crippen LogP contribution in [0.2, 0.25) is 0 Å². The Balaban J connectivity index is 2.03. The summed E-state index contributed by atoms with van der Waals surface area (Å²) in [6.07, 6.45) is 0.619. The topological polar surface area (TPSA) is 23.5 Å². The van der Waals surface area contributed by atoms with Gasteiger partial charge in [0.2, 0.25) is 0 Å². The second-order valence-electron chi connectivity index (χ2n) is 5.43. The molecule has 1 aliphatic rings. The highest BCUT2D eigenvalue weighted by Gasteiger charge is 2.27. The first kappa shape index (κ1) is 13.7. The smallest absolute Gasteiger partial charge is 0.0772 e. The lowest BCUT2D eigenvalue weighted by Crippen LogP contribution is -2.23. The van der Waals surface area contributed by atoms with Gasteiger partial charge in [0.15, 0.2) is 0 Å². The van der Waals surface area contributed by atoms with E-state index in [1.165, 1.54) is 16.9 Å². The van der Waals surface area contributed by atoms with E-state index >= 15 is 0 Å². The number of hydrogen-bond acceptors (Lipinski definition) is 2. The predicted octanol–water partition coefficient (Wildman–Crippen LogP) is 4.59. The molecule has 1 unspecified atom stereocenters. The molecule has 0 spiro atoms. The molecule has 0 amide bonds. The van der Waals surface area contributed by atoms with Crippen LogP contribution < -0.4 is 4.90 Å². The summed E-state index contributed by atoms with van der Waals surface area (Å²) in [5, 5.41) is 9.73. The van der Waals surface area contributed by atoms with E-state index in [4.69, 9.17) is 0 Å². The van der Waals surface area contributed by atoms with Crippen molar-refractivity contribution in [2.24, 2.45) is 0 Å². The predicted molar refractivity (Wildman–Crippen MR) is 86.5 cm³/mol. The third kappa shape index (κ3) is 2.25. The number of fused-ring (bicyclic) bond motifs is 1. The van der Waals surface area contributed by atoms with Crippen LogP contribution in [0.1, 0.15) is 31.1 Å². The molecule has 2 aromatic rings. The Labute approximate surface area is 128 Å². The van der Waals surface area contributed by atoms with Gasteiger partial charge in [-0.2, -0.15) is 0 Å². The Bertz CT molecular complexity index is 639. The molecule has 0 aromatic heterocycles. The summed E-state index contributed by atoms with van der Waals surface area (Å²) in [6.45, 7) is 4.03. The lowest BCUT2D eigenvalue weighted by atomic mass is 10.1. The number of anilines is 2. The molecular formula is C17H18BrNO. The van der Waals surface area contributed by atoms with Crippen molar-refractivity contribution in [3.05, 3.63) is 58.1 Å². The maximum Gasteiger partial charge on any atom is 0.0772 e. The van der Waals surface area contributed by atoms with E-state index in [0.717, 1.165) is 16.5 Å². The normalized spacial score (nSPS) is 19.0. The Hall–Kier alpha value is -1.32. The van der Waals surface area contributed by atoms with Crippen LogP contribution in [0.15, 0.2) is 46.9 Å². The summed E-state index contributed by atoms with van der Waals surface area (Å²) in [7, 11) is 0. The Morgan fingerprint density at radius 1 is 1.25 bits per heavy atom. The van der Waals surface area contributed by atoms with Crippen LogP contribution in [-0.4, -0.2) is 11.1 Å². The van der Waals surface area contributed by atoms with Gasteiger partial charge in [-0.15, -0.1) is 0 Å². The van der Waals surface area contributed by atoms with Crippen LogP contribution in [-0.2, 0) is 6.42 Å². The molecule has 3 rings (SSSR count). The molecule has 0 aliphatic carbocycles. The van der Waals surface area contributed by atoms with E-state index < -0.39 is 6.10 Å². The van der Waals surface area contributed by atoms with Crippen molar-refractivity contribution in [2.75, 3.05) is 4.90 Å². The highest BCUT2D eigenvalue weighted by Crippen LogP contribution is 2.39. The molecule has 2 atom stereocenters. The standard InChI is InChI=1S/C17H18BrNO/c1-11-9-13-5-3-4-6-17(13)19(11)14-7-8-15(12(2)20)16(18)10-14/h3-8,10-12,20H,9H2,1-2H3/t11?,12-/m0/s1. The zero-order valence-electron chi connectivity index (χ0n) is 11.7. The SMILES string of the molecule is CC1Cc2ccccc2N1c1ccc([C@H](C)O)c(Br)c1. The van der Waals surface area contributed by atoms with Crippen LogP contribution in [0.3, 0.4) is 0 Å². The lowest BCUT2D eigenvalue weighted by molar-refractivity contribution is 0.198. The molecule has 0 bridgehead atoms. The van der Waals surface area contributed by atoms with Crippen molar-refractivity contribution in [3.63, 3.8) is 0 Å². The minimum atomic E-state index is -0.457. The van der Waals surface area contributed by atoms with Crippen LogP contribution >= 0.6 is 15.9 Å². The first-order chi connectivity index (χ1) is 9.58. The molecule has 1 N–H and O–H groups in total. The molecule has 0 fully saturated rings. The van der Waals surface area contributed by atoms with E-state index in [1.807, 2.05) is 6.07 Å². The van der Waals surface area contributed by atoms with Crippen LogP contribution in [0.4, 0.5) is 11.4 Å². The first-order valence-electron chi connectivity index (χ1n) is 6.92. The third-order valence-corrected chi connectivity index (χ3v) is 4.61. The fourth-order valence-electron chi connectivity index (χ4n) is 2.96. The molecule has 0 saturated carbocycles.